The van der Waals surface area contributed by atoms with E-state index in [1.165, 1.54) is 24.6 Å². The van der Waals surface area contributed by atoms with E-state index < -0.39 is 0 Å². The highest BCUT2D eigenvalue weighted by Gasteiger charge is 2.24. The van der Waals surface area contributed by atoms with Crippen LogP contribution in [0, 0.1) is 5.41 Å². The van der Waals surface area contributed by atoms with Gasteiger partial charge in [-0.1, -0.05) is 12.1 Å². The fraction of sp³-hybridized carbons (Fsp3) is 0.389. The second-order valence-electron chi connectivity index (χ2n) is 6.25. The summed E-state index contributed by atoms with van der Waals surface area (Å²) in [6.07, 6.45) is 5.49. The molecule has 2 aliphatic rings. The van der Waals surface area contributed by atoms with Crippen LogP contribution in [0.1, 0.15) is 29.9 Å². The van der Waals surface area contributed by atoms with E-state index in [1.54, 1.807) is 6.33 Å². The number of hydrogen-bond acceptors (Lipinski definition) is 6. The first-order chi connectivity index (χ1) is 11.8. The Morgan fingerprint density at radius 3 is 2.75 bits per heavy atom. The molecule has 0 spiro atoms. The molecule has 1 aromatic carbocycles. The van der Waals surface area contributed by atoms with E-state index in [0.29, 0.717) is 5.92 Å². The predicted molar refractivity (Wildman–Crippen MR) is 94.6 cm³/mol. The van der Waals surface area contributed by atoms with Crippen molar-refractivity contribution < 1.29 is 4.74 Å². The van der Waals surface area contributed by atoms with Crippen molar-refractivity contribution in [3.05, 3.63) is 41.7 Å². The molecule has 1 aliphatic carbocycles. The van der Waals surface area contributed by atoms with Gasteiger partial charge < -0.3 is 20.4 Å². The van der Waals surface area contributed by atoms with Crippen molar-refractivity contribution in [2.24, 2.45) is 0 Å². The summed E-state index contributed by atoms with van der Waals surface area (Å²) >= 11 is 0. The predicted octanol–water partition coefficient (Wildman–Crippen LogP) is 2.93. The van der Waals surface area contributed by atoms with Crippen LogP contribution < -0.4 is 10.2 Å². The molecule has 6 heteroatoms. The fourth-order valence-corrected chi connectivity index (χ4v) is 3.00. The van der Waals surface area contributed by atoms with E-state index in [4.69, 9.17) is 10.1 Å². The van der Waals surface area contributed by atoms with Crippen molar-refractivity contribution in [2.45, 2.75) is 18.8 Å². The zero-order valence-corrected chi connectivity index (χ0v) is 13.5. The average Bonchev–Trinajstić information content (AvgIpc) is 3.48. The number of morpholine rings is 1. The van der Waals surface area contributed by atoms with Gasteiger partial charge in [0.2, 0.25) is 0 Å². The lowest BCUT2D eigenvalue weighted by Gasteiger charge is -2.27. The maximum Gasteiger partial charge on any atom is 0.135 e. The van der Waals surface area contributed by atoms with Gasteiger partial charge in [0.05, 0.1) is 13.2 Å². The number of aromatic nitrogens is 2. The van der Waals surface area contributed by atoms with E-state index in [9.17, 15) is 0 Å². The van der Waals surface area contributed by atoms with Gasteiger partial charge in [0, 0.05) is 36.6 Å². The third-order valence-corrected chi connectivity index (χ3v) is 4.53. The van der Waals surface area contributed by atoms with Gasteiger partial charge in [0.1, 0.15) is 18.0 Å². The molecular weight excluding hydrogens is 302 g/mol. The Balaban J connectivity index is 1.58. The van der Waals surface area contributed by atoms with Gasteiger partial charge in [-0.3, -0.25) is 0 Å². The van der Waals surface area contributed by atoms with Gasteiger partial charge in [-0.15, -0.1) is 0 Å². The summed E-state index contributed by atoms with van der Waals surface area (Å²) in [4.78, 5) is 10.9. The van der Waals surface area contributed by atoms with E-state index in [-0.39, 0.29) is 0 Å². The number of anilines is 3. The Morgan fingerprint density at radius 2 is 2.00 bits per heavy atom. The summed E-state index contributed by atoms with van der Waals surface area (Å²) in [7, 11) is 0. The van der Waals surface area contributed by atoms with Crippen LogP contribution in [0.3, 0.4) is 0 Å². The lowest BCUT2D eigenvalue weighted by Crippen LogP contribution is -2.36. The largest absolute Gasteiger partial charge is 0.378 e. The molecule has 2 heterocycles. The maximum atomic E-state index is 7.63. The van der Waals surface area contributed by atoms with Crippen LogP contribution >= 0.6 is 0 Å². The zero-order valence-electron chi connectivity index (χ0n) is 13.5. The van der Waals surface area contributed by atoms with Gasteiger partial charge in [-0.2, -0.15) is 0 Å². The highest BCUT2D eigenvalue weighted by molar-refractivity contribution is 5.87. The van der Waals surface area contributed by atoms with Gasteiger partial charge >= 0.3 is 0 Å². The maximum absolute atomic E-state index is 7.63. The molecule has 0 unspecified atom stereocenters. The molecule has 1 saturated heterocycles. The van der Waals surface area contributed by atoms with Crippen molar-refractivity contribution in [3.63, 3.8) is 0 Å². The smallest absolute Gasteiger partial charge is 0.135 e. The number of benzene rings is 1. The molecule has 6 nitrogen and oxygen atoms in total. The fourth-order valence-electron chi connectivity index (χ4n) is 3.00. The van der Waals surface area contributed by atoms with Crippen LogP contribution in [0.5, 0.6) is 0 Å². The molecule has 4 rings (SSSR count). The minimum atomic E-state index is 0.680. The second kappa shape index (κ2) is 6.57. The Morgan fingerprint density at radius 1 is 1.17 bits per heavy atom. The van der Waals surface area contributed by atoms with Crippen molar-refractivity contribution in [1.29, 1.82) is 5.41 Å². The van der Waals surface area contributed by atoms with E-state index >= 15 is 0 Å². The molecule has 1 aliphatic heterocycles. The minimum Gasteiger partial charge on any atom is -0.378 e. The van der Waals surface area contributed by atoms with E-state index in [0.717, 1.165) is 49.2 Å². The number of ether oxygens (including phenoxy) is 1. The zero-order chi connectivity index (χ0) is 16.4. The highest BCUT2D eigenvalue weighted by Crippen LogP contribution is 2.41. The molecule has 124 valence electrons. The van der Waals surface area contributed by atoms with E-state index in [1.807, 2.05) is 12.1 Å². The Hall–Kier alpha value is -2.47. The number of nitrogens with one attached hydrogen (secondary N) is 2. The lowest BCUT2D eigenvalue weighted by atomic mass is 10.1. The van der Waals surface area contributed by atoms with Crippen LogP contribution in [0.4, 0.5) is 17.3 Å². The topological polar surface area (TPSA) is 74.1 Å². The molecule has 24 heavy (non-hydrogen) atoms. The first kappa shape index (κ1) is 15.1. The molecule has 0 amide bonds. The normalized spacial score (nSPS) is 17.6. The molecule has 0 atom stereocenters. The molecule has 1 aromatic heterocycles. The number of rotatable bonds is 5. The third kappa shape index (κ3) is 3.23. The minimum absolute atomic E-state index is 0.680. The summed E-state index contributed by atoms with van der Waals surface area (Å²) in [5.41, 5.74) is 3.14. The monoisotopic (exact) mass is 323 g/mol. The first-order valence-electron chi connectivity index (χ1n) is 8.39. The van der Waals surface area contributed by atoms with Crippen LogP contribution in [-0.4, -0.2) is 42.5 Å². The Kier molecular flexibility index (Phi) is 4.13. The quantitative estimate of drug-likeness (QED) is 0.828. The average molecular weight is 323 g/mol. The molecule has 0 radical (unpaired) electrons. The van der Waals surface area contributed by atoms with Crippen molar-refractivity contribution in [3.8, 4) is 0 Å². The summed E-state index contributed by atoms with van der Waals surface area (Å²) in [6.45, 7) is 3.15. The van der Waals surface area contributed by atoms with Crippen LogP contribution in [0.25, 0.3) is 0 Å². The second-order valence-corrected chi connectivity index (χ2v) is 6.25. The van der Waals surface area contributed by atoms with Gasteiger partial charge in [-0.25, -0.2) is 9.97 Å². The van der Waals surface area contributed by atoms with E-state index in [2.05, 4.69) is 32.3 Å². The molecular formula is C18H21N5O. The highest BCUT2D eigenvalue weighted by atomic mass is 16.5. The summed E-state index contributed by atoms with van der Waals surface area (Å²) < 4.78 is 5.39. The van der Waals surface area contributed by atoms with Crippen LogP contribution in [0.15, 0.2) is 30.6 Å². The third-order valence-electron chi connectivity index (χ3n) is 4.53. The van der Waals surface area contributed by atoms with Gasteiger partial charge in [-0.05, 0) is 30.4 Å². The number of nitrogens with zero attached hydrogens (tertiary/aromatic N) is 3. The number of hydrogen-bond donors (Lipinski definition) is 2. The molecule has 2 fully saturated rings. The lowest BCUT2D eigenvalue weighted by molar-refractivity contribution is 0.122. The van der Waals surface area contributed by atoms with Gasteiger partial charge in [0.25, 0.3) is 0 Å². The first-order valence-corrected chi connectivity index (χ1v) is 8.39. The Bertz CT molecular complexity index is 738. The standard InChI is InChI=1S/C18H21N5O/c19-11-15-4-3-14(13-1-2-13)9-16(15)22-17-10-18(21-12-20-17)23-5-7-24-8-6-23/h3-4,9-13,19H,1-2,5-8H2,(H,20,21,22). The van der Waals surface area contributed by atoms with Crippen molar-refractivity contribution >= 4 is 23.5 Å². The summed E-state index contributed by atoms with van der Waals surface area (Å²) in [5.74, 6) is 2.34. The summed E-state index contributed by atoms with van der Waals surface area (Å²) in [6, 6.07) is 8.24. The summed E-state index contributed by atoms with van der Waals surface area (Å²) in [5, 5.41) is 11.0. The molecule has 1 saturated carbocycles. The van der Waals surface area contributed by atoms with Crippen LogP contribution in [0.2, 0.25) is 0 Å². The Labute approximate surface area is 141 Å². The SMILES string of the molecule is N=Cc1ccc(C2CC2)cc1Nc1cc(N2CCOCC2)ncn1. The van der Waals surface area contributed by atoms with Gasteiger partial charge in [0.15, 0.2) is 0 Å². The van der Waals surface area contributed by atoms with Crippen LogP contribution in [-0.2, 0) is 4.74 Å². The molecule has 0 bridgehead atoms. The van der Waals surface area contributed by atoms with Crippen molar-refractivity contribution in [2.75, 3.05) is 36.5 Å². The molecule has 2 aromatic rings. The molecule has 2 N–H and O–H groups in total. The van der Waals surface area contributed by atoms with Crippen molar-refractivity contribution in [1.82, 2.24) is 9.97 Å².